The molecule has 6 nitrogen and oxygen atoms in total. The first-order valence-electron chi connectivity index (χ1n) is 6.80. The monoisotopic (exact) mass is 327 g/mol. The number of H-pyrrole nitrogens is 1. The Hall–Kier alpha value is -1.22. The number of hydrogen-bond acceptors (Lipinski definition) is 5. The van der Waals surface area contributed by atoms with Gasteiger partial charge in [-0.05, 0) is 30.2 Å². The van der Waals surface area contributed by atoms with Crippen molar-refractivity contribution in [1.82, 2.24) is 14.3 Å². The first-order valence-corrected chi connectivity index (χ1v) is 9.12. The molecule has 3 rings (SSSR count). The second kappa shape index (κ2) is 5.88. The summed E-state index contributed by atoms with van der Waals surface area (Å²) in [5.41, 5.74) is 0. The van der Waals surface area contributed by atoms with Crippen molar-refractivity contribution < 1.29 is 13.5 Å². The predicted octanol–water partition coefficient (Wildman–Crippen LogP) is 1.61. The molecule has 1 aliphatic rings. The number of aromatic nitrogens is 2. The lowest BCUT2D eigenvalue weighted by molar-refractivity contribution is 0.0696. The van der Waals surface area contributed by atoms with Crippen LogP contribution in [-0.4, -0.2) is 40.9 Å². The number of imidazole rings is 1. The number of rotatable bonds is 4. The smallest absolute Gasteiger partial charge is 0.252 e. The van der Waals surface area contributed by atoms with Crippen LogP contribution in [0.25, 0.3) is 0 Å². The Balaban J connectivity index is 1.66. The summed E-state index contributed by atoms with van der Waals surface area (Å²) in [5.74, 6) is 0.584. The number of hydrogen-bond donors (Lipinski definition) is 2. The maximum Gasteiger partial charge on any atom is 0.252 e. The highest BCUT2D eigenvalue weighted by Gasteiger charge is 2.33. The van der Waals surface area contributed by atoms with Gasteiger partial charge in [0.25, 0.3) is 10.0 Å². The molecule has 3 heterocycles. The number of aliphatic hydroxyl groups is 1. The Morgan fingerprint density at radius 3 is 2.76 bits per heavy atom. The van der Waals surface area contributed by atoms with Gasteiger partial charge >= 0.3 is 0 Å². The molecule has 0 radical (unpaired) electrons. The highest BCUT2D eigenvalue weighted by molar-refractivity contribution is 7.91. The minimum Gasteiger partial charge on any atom is -0.385 e. The number of sulfonamides is 1. The molecule has 0 saturated carbocycles. The van der Waals surface area contributed by atoms with Crippen molar-refractivity contribution in [2.45, 2.75) is 23.2 Å². The molecular weight excluding hydrogens is 310 g/mol. The highest BCUT2D eigenvalue weighted by atomic mass is 32.2. The molecule has 2 aromatic rings. The Morgan fingerprint density at radius 1 is 1.43 bits per heavy atom. The van der Waals surface area contributed by atoms with E-state index in [1.807, 2.05) is 0 Å². The van der Waals surface area contributed by atoms with Crippen LogP contribution in [0.15, 0.2) is 34.1 Å². The average Bonchev–Trinajstić information content (AvgIpc) is 3.19. The van der Waals surface area contributed by atoms with Gasteiger partial charge in [0.1, 0.15) is 16.1 Å². The number of nitrogens with one attached hydrogen (secondary N) is 1. The summed E-state index contributed by atoms with van der Waals surface area (Å²) in [6, 6.07) is 3.37. The maximum atomic E-state index is 12.4. The van der Waals surface area contributed by atoms with Crippen molar-refractivity contribution in [3.05, 3.63) is 35.7 Å². The summed E-state index contributed by atoms with van der Waals surface area (Å²) in [4.78, 5) is 6.97. The van der Waals surface area contributed by atoms with Crippen LogP contribution in [0.2, 0.25) is 0 Å². The normalized spacial score (nSPS) is 19.7. The van der Waals surface area contributed by atoms with Crippen LogP contribution in [0.1, 0.15) is 24.8 Å². The summed E-state index contributed by atoms with van der Waals surface area (Å²) >= 11 is 1.23. The molecule has 1 aliphatic heterocycles. The Kier molecular flexibility index (Phi) is 4.12. The lowest BCUT2D eigenvalue weighted by Crippen LogP contribution is -2.39. The molecule has 8 heteroatoms. The largest absolute Gasteiger partial charge is 0.385 e. The molecule has 21 heavy (non-hydrogen) atoms. The van der Waals surface area contributed by atoms with Crippen molar-refractivity contribution in [2.24, 2.45) is 5.92 Å². The van der Waals surface area contributed by atoms with Gasteiger partial charge in [-0.15, -0.1) is 11.3 Å². The summed E-state index contributed by atoms with van der Waals surface area (Å²) in [5, 5.41) is 12.0. The van der Waals surface area contributed by atoms with Crippen LogP contribution in [0, 0.1) is 5.92 Å². The topological polar surface area (TPSA) is 86.3 Å². The van der Waals surface area contributed by atoms with Crippen LogP contribution in [0.4, 0.5) is 0 Å². The van der Waals surface area contributed by atoms with E-state index in [1.54, 1.807) is 29.9 Å². The molecule has 114 valence electrons. The summed E-state index contributed by atoms with van der Waals surface area (Å²) in [6.07, 6.45) is 3.88. The van der Waals surface area contributed by atoms with E-state index in [0.717, 1.165) is 0 Å². The van der Waals surface area contributed by atoms with Crippen molar-refractivity contribution >= 4 is 21.4 Å². The molecule has 0 amide bonds. The third-order valence-corrected chi connectivity index (χ3v) is 7.11. The zero-order valence-electron chi connectivity index (χ0n) is 11.3. The molecule has 0 unspecified atom stereocenters. The van der Waals surface area contributed by atoms with Crippen molar-refractivity contribution in [1.29, 1.82) is 0 Å². The maximum absolute atomic E-state index is 12.4. The molecule has 2 aromatic heterocycles. The third-order valence-electron chi connectivity index (χ3n) is 3.83. The van der Waals surface area contributed by atoms with Gasteiger partial charge in [-0.2, -0.15) is 4.31 Å². The summed E-state index contributed by atoms with van der Waals surface area (Å²) in [6.45, 7) is 0.866. The van der Waals surface area contributed by atoms with E-state index in [-0.39, 0.29) is 5.92 Å². The van der Waals surface area contributed by atoms with Crippen LogP contribution < -0.4 is 0 Å². The van der Waals surface area contributed by atoms with Gasteiger partial charge in [0.15, 0.2) is 0 Å². The molecule has 1 atom stereocenters. The van der Waals surface area contributed by atoms with E-state index in [9.17, 15) is 13.5 Å². The van der Waals surface area contributed by atoms with E-state index in [2.05, 4.69) is 9.97 Å². The molecule has 0 aromatic carbocycles. The van der Waals surface area contributed by atoms with Crippen molar-refractivity contribution in [3.63, 3.8) is 0 Å². The zero-order valence-corrected chi connectivity index (χ0v) is 13.0. The molecule has 0 aliphatic carbocycles. The lowest BCUT2D eigenvalue weighted by atomic mass is 9.92. The zero-order chi connectivity index (χ0) is 14.9. The van der Waals surface area contributed by atoms with Gasteiger partial charge in [-0.3, -0.25) is 0 Å². The van der Waals surface area contributed by atoms with Crippen LogP contribution >= 0.6 is 11.3 Å². The summed E-state index contributed by atoms with van der Waals surface area (Å²) < 4.78 is 26.7. The van der Waals surface area contributed by atoms with Gasteiger partial charge in [0.05, 0.1) is 0 Å². The van der Waals surface area contributed by atoms with Crippen LogP contribution in [-0.2, 0) is 10.0 Å². The molecular formula is C13H17N3O3S2. The van der Waals surface area contributed by atoms with Gasteiger partial charge in [-0.25, -0.2) is 13.4 Å². The van der Waals surface area contributed by atoms with Gasteiger partial charge in [-0.1, -0.05) is 6.07 Å². The first kappa shape index (κ1) is 14.7. The van der Waals surface area contributed by atoms with Gasteiger partial charge < -0.3 is 10.1 Å². The standard InChI is InChI=1S/C13H17N3O3S2/c17-12(13-14-5-6-15-13)10-3-7-16(8-4-10)21(18,19)11-2-1-9-20-11/h1-2,5-6,9-10,12,17H,3-4,7-8H2,(H,14,15)/t12-/m0/s1. The Morgan fingerprint density at radius 2 is 2.19 bits per heavy atom. The minimum absolute atomic E-state index is 0.0333. The van der Waals surface area contributed by atoms with Crippen LogP contribution in [0.3, 0.4) is 0 Å². The fourth-order valence-corrected chi connectivity index (χ4v) is 5.25. The van der Waals surface area contributed by atoms with Crippen molar-refractivity contribution in [2.75, 3.05) is 13.1 Å². The SMILES string of the molecule is O=S(=O)(c1cccs1)N1CCC([C@H](O)c2ncc[nH]2)CC1. The lowest BCUT2D eigenvalue weighted by Gasteiger charge is -2.32. The van der Waals surface area contributed by atoms with E-state index < -0.39 is 16.1 Å². The number of aliphatic hydroxyl groups excluding tert-OH is 1. The van der Waals surface area contributed by atoms with Crippen LogP contribution in [0.5, 0.6) is 0 Å². The fraction of sp³-hybridized carbons (Fsp3) is 0.462. The number of thiophene rings is 1. The van der Waals surface area contributed by atoms with Crippen molar-refractivity contribution in [3.8, 4) is 0 Å². The summed E-state index contributed by atoms with van der Waals surface area (Å²) in [7, 11) is -3.37. The van der Waals surface area contributed by atoms with E-state index in [4.69, 9.17) is 0 Å². The fourth-order valence-electron chi connectivity index (χ4n) is 2.63. The first-order chi connectivity index (χ1) is 10.1. The number of aromatic amines is 1. The van der Waals surface area contributed by atoms with E-state index in [1.165, 1.54) is 15.6 Å². The second-order valence-electron chi connectivity index (χ2n) is 5.09. The number of piperidine rings is 1. The minimum atomic E-state index is -3.37. The molecule has 0 spiro atoms. The quantitative estimate of drug-likeness (QED) is 0.893. The number of nitrogens with zero attached hydrogens (tertiary/aromatic N) is 2. The molecule has 2 N–H and O–H groups in total. The second-order valence-corrected chi connectivity index (χ2v) is 8.21. The predicted molar refractivity (Wildman–Crippen MR) is 79.3 cm³/mol. The molecule has 1 fully saturated rings. The molecule has 1 saturated heterocycles. The average molecular weight is 327 g/mol. The highest BCUT2D eigenvalue weighted by Crippen LogP contribution is 2.32. The van der Waals surface area contributed by atoms with Gasteiger partial charge in [0, 0.05) is 25.5 Å². The molecule has 0 bridgehead atoms. The van der Waals surface area contributed by atoms with E-state index in [0.29, 0.717) is 36.0 Å². The third kappa shape index (κ3) is 2.89. The Labute approximate surface area is 127 Å². The Bertz CT molecular complexity index is 660. The van der Waals surface area contributed by atoms with E-state index >= 15 is 0 Å². The van der Waals surface area contributed by atoms with Gasteiger partial charge in [0.2, 0.25) is 0 Å².